The Morgan fingerprint density at radius 2 is 1.90 bits per heavy atom. The highest BCUT2D eigenvalue weighted by atomic mass is 32.1. The molecule has 0 radical (unpaired) electrons. The number of hydrogen-bond donors (Lipinski definition) is 0. The van der Waals surface area contributed by atoms with Crippen LogP contribution in [-0.4, -0.2) is 16.9 Å². The van der Waals surface area contributed by atoms with Crippen LogP contribution in [0.1, 0.15) is 29.3 Å². The highest BCUT2D eigenvalue weighted by Gasteiger charge is 2.21. The number of aryl methyl sites for hydroxylation is 2. The zero-order valence-corrected chi connectivity index (χ0v) is 17.3. The Bertz CT molecular complexity index is 1050. The molecule has 0 fully saturated rings. The molecule has 0 aliphatic rings. The normalized spacial score (nSPS) is 10.6. The molecule has 0 aliphatic heterocycles. The predicted molar refractivity (Wildman–Crippen MR) is 111 cm³/mol. The molecule has 1 aromatic heterocycles. The second-order valence-electron chi connectivity index (χ2n) is 6.68. The molecule has 150 valence electrons. The molecule has 0 saturated carbocycles. The largest absolute Gasteiger partial charge is 0.459 e. The van der Waals surface area contributed by atoms with Gasteiger partial charge in [0.1, 0.15) is 12.4 Å². The van der Waals surface area contributed by atoms with Crippen molar-refractivity contribution < 1.29 is 18.7 Å². The first kappa shape index (κ1) is 20.7. The molecule has 1 heterocycles. The van der Waals surface area contributed by atoms with E-state index >= 15 is 0 Å². The van der Waals surface area contributed by atoms with Crippen molar-refractivity contribution in [2.75, 3.05) is 4.90 Å². The summed E-state index contributed by atoms with van der Waals surface area (Å²) in [6.07, 6.45) is 0.174. The highest BCUT2D eigenvalue weighted by Crippen LogP contribution is 2.30. The van der Waals surface area contributed by atoms with Gasteiger partial charge in [-0.05, 0) is 42.7 Å². The van der Waals surface area contributed by atoms with Gasteiger partial charge in [-0.25, -0.2) is 9.37 Å². The van der Waals surface area contributed by atoms with E-state index < -0.39 is 5.82 Å². The van der Waals surface area contributed by atoms with Crippen LogP contribution in [0.2, 0.25) is 0 Å². The van der Waals surface area contributed by atoms with E-state index in [0.29, 0.717) is 10.8 Å². The third-order valence-electron chi connectivity index (χ3n) is 4.44. The number of halogens is 1. The van der Waals surface area contributed by atoms with Crippen LogP contribution in [-0.2, 0) is 27.4 Å². The predicted octanol–water partition coefficient (Wildman–Crippen LogP) is 4.87. The lowest BCUT2D eigenvalue weighted by Gasteiger charge is -2.18. The smallest absolute Gasteiger partial charge is 0.310 e. The number of ether oxygens (including phenoxy) is 1. The number of aromatic nitrogens is 1. The SMILES string of the molecule is CC(=O)N(c1nc(COC(=O)Cc2ccc(C)c(C)c2)cs1)c1ccccc1F. The quantitative estimate of drug-likeness (QED) is 0.542. The van der Waals surface area contributed by atoms with E-state index in [9.17, 15) is 14.0 Å². The minimum Gasteiger partial charge on any atom is -0.459 e. The van der Waals surface area contributed by atoms with Crippen LogP contribution in [0.4, 0.5) is 15.2 Å². The molecule has 0 spiro atoms. The molecule has 1 amide bonds. The first-order valence-electron chi connectivity index (χ1n) is 9.06. The van der Waals surface area contributed by atoms with Gasteiger partial charge in [-0.1, -0.05) is 30.3 Å². The zero-order valence-electron chi connectivity index (χ0n) is 16.4. The van der Waals surface area contributed by atoms with E-state index in [1.165, 1.54) is 40.9 Å². The molecule has 2 aromatic carbocycles. The molecule has 3 rings (SSSR count). The topological polar surface area (TPSA) is 59.5 Å². The van der Waals surface area contributed by atoms with Crippen LogP contribution in [0.5, 0.6) is 0 Å². The fourth-order valence-electron chi connectivity index (χ4n) is 2.79. The van der Waals surface area contributed by atoms with Crippen molar-refractivity contribution in [1.29, 1.82) is 0 Å². The number of carbonyl (C=O) groups is 2. The first-order valence-corrected chi connectivity index (χ1v) is 9.94. The van der Waals surface area contributed by atoms with Gasteiger partial charge in [0, 0.05) is 12.3 Å². The maximum absolute atomic E-state index is 14.1. The first-order chi connectivity index (χ1) is 13.8. The highest BCUT2D eigenvalue weighted by molar-refractivity contribution is 7.14. The van der Waals surface area contributed by atoms with Gasteiger partial charge < -0.3 is 4.74 Å². The lowest BCUT2D eigenvalue weighted by molar-refractivity contribution is -0.144. The summed E-state index contributed by atoms with van der Waals surface area (Å²) in [4.78, 5) is 29.7. The molecule has 3 aromatic rings. The minimum atomic E-state index is -0.515. The van der Waals surface area contributed by atoms with Crippen molar-refractivity contribution in [1.82, 2.24) is 4.98 Å². The van der Waals surface area contributed by atoms with Gasteiger partial charge >= 0.3 is 5.97 Å². The van der Waals surface area contributed by atoms with Gasteiger partial charge in [-0.2, -0.15) is 0 Å². The summed E-state index contributed by atoms with van der Waals surface area (Å²) >= 11 is 1.18. The summed E-state index contributed by atoms with van der Waals surface area (Å²) < 4.78 is 19.4. The van der Waals surface area contributed by atoms with Crippen LogP contribution >= 0.6 is 11.3 Å². The summed E-state index contributed by atoms with van der Waals surface area (Å²) in [6.45, 7) is 5.35. The number of carbonyl (C=O) groups excluding carboxylic acids is 2. The standard InChI is InChI=1S/C22H21FN2O3S/c1-14-8-9-17(10-15(14)2)11-21(27)28-12-18-13-29-22(24-18)25(16(3)26)20-7-5-4-6-19(20)23/h4-10,13H,11-12H2,1-3H3. The Balaban J connectivity index is 1.66. The molecule has 0 atom stereocenters. The third kappa shape index (κ3) is 5.06. The molecule has 5 nitrogen and oxygen atoms in total. The monoisotopic (exact) mass is 412 g/mol. The van der Waals surface area contributed by atoms with Gasteiger partial charge in [0.15, 0.2) is 5.13 Å². The maximum Gasteiger partial charge on any atom is 0.310 e. The summed E-state index contributed by atoms with van der Waals surface area (Å²) in [5.74, 6) is -1.23. The van der Waals surface area contributed by atoms with Gasteiger partial charge in [0.2, 0.25) is 5.91 Å². The Labute approximate surface area is 172 Å². The molecule has 0 bridgehead atoms. The van der Waals surface area contributed by atoms with Gasteiger partial charge in [-0.3, -0.25) is 14.5 Å². The van der Waals surface area contributed by atoms with E-state index in [4.69, 9.17) is 4.74 Å². The zero-order chi connectivity index (χ0) is 21.0. The number of para-hydroxylation sites is 1. The van der Waals surface area contributed by atoms with Crippen molar-refractivity contribution in [3.05, 3.63) is 76.0 Å². The van der Waals surface area contributed by atoms with Crippen molar-refractivity contribution >= 4 is 34.0 Å². The summed E-state index contributed by atoms with van der Waals surface area (Å²) in [5, 5.41) is 2.01. The number of anilines is 2. The molecular formula is C22H21FN2O3S. The second-order valence-corrected chi connectivity index (χ2v) is 7.52. The summed E-state index contributed by atoms with van der Waals surface area (Å²) in [6, 6.07) is 11.9. The number of benzene rings is 2. The second kappa shape index (κ2) is 8.96. The molecule has 0 N–H and O–H groups in total. The van der Waals surface area contributed by atoms with Crippen LogP contribution < -0.4 is 4.90 Å². The lowest BCUT2D eigenvalue weighted by Crippen LogP contribution is -2.23. The number of esters is 1. The Hall–Kier alpha value is -3.06. The fraction of sp³-hybridized carbons (Fsp3) is 0.227. The average Bonchev–Trinajstić information content (AvgIpc) is 3.13. The van der Waals surface area contributed by atoms with E-state index in [1.54, 1.807) is 17.5 Å². The van der Waals surface area contributed by atoms with Crippen molar-refractivity contribution in [2.45, 2.75) is 33.8 Å². The van der Waals surface area contributed by atoms with Gasteiger partial charge in [0.25, 0.3) is 0 Å². The van der Waals surface area contributed by atoms with E-state index in [2.05, 4.69) is 4.98 Å². The van der Waals surface area contributed by atoms with Crippen molar-refractivity contribution in [3.63, 3.8) is 0 Å². The lowest BCUT2D eigenvalue weighted by atomic mass is 10.0. The molecule has 0 unspecified atom stereocenters. The Morgan fingerprint density at radius 3 is 2.59 bits per heavy atom. The Morgan fingerprint density at radius 1 is 1.14 bits per heavy atom. The number of amides is 1. The number of rotatable bonds is 6. The van der Waals surface area contributed by atoms with Gasteiger partial charge in [-0.15, -0.1) is 11.3 Å². The van der Waals surface area contributed by atoms with E-state index in [1.807, 2.05) is 32.0 Å². The summed E-state index contributed by atoms with van der Waals surface area (Å²) in [7, 11) is 0. The van der Waals surface area contributed by atoms with Crippen LogP contribution in [0.25, 0.3) is 0 Å². The molecule has 29 heavy (non-hydrogen) atoms. The van der Waals surface area contributed by atoms with E-state index in [0.717, 1.165) is 11.1 Å². The maximum atomic E-state index is 14.1. The van der Waals surface area contributed by atoms with Crippen molar-refractivity contribution in [2.24, 2.45) is 0 Å². The molecular weight excluding hydrogens is 391 g/mol. The number of hydrogen-bond acceptors (Lipinski definition) is 5. The van der Waals surface area contributed by atoms with Crippen LogP contribution in [0, 0.1) is 19.7 Å². The fourth-order valence-corrected chi connectivity index (χ4v) is 3.66. The third-order valence-corrected chi connectivity index (χ3v) is 5.31. The number of nitrogens with zero attached hydrogens (tertiary/aromatic N) is 2. The summed E-state index contributed by atoms with van der Waals surface area (Å²) in [5.41, 5.74) is 3.81. The van der Waals surface area contributed by atoms with Gasteiger partial charge in [0.05, 0.1) is 17.8 Å². The van der Waals surface area contributed by atoms with Crippen LogP contribution in [0.3, 0.4) is 0 Å². The van der Waals surface area contributed by atoms with Crippen LogP contribution in [0.15, 0.2) is 47.8 Å². The molecule has 0 aliphatic carbocycles. The van der Waals surface area contributed by atoms with Crippen molar-refractivity contribution in [3.8, 4) is 0 Å². The average molecular weight is 412 g/mol. The molecule has 0 saturated heterocycles. The van der Waals surface area contributed by atoms with E-state index in [-0.39, 0.29) is 30.6 Å². The molecule has 7 heteroatoms. The number of thiazole rings is 1. The Kier molecular flexibility index (Phi) is 6.39. The minimum absolute atomic E-state index is 0.0107.